The van der Waals surface area contributed by atoms with Crippen LogP contribution in [0.4, 0.5) is 0 Å². The number of nitrogens with zero attached hydrogens (tertiary/aromatic N) is 3. The molecule has 60 valence electrons. The molecule has 1 aliphatic heterocycles. The molecule has 0 saturated carbocycles. The van der Waals surface area contributed by atoms with E-state index in [0.29, 0.717) is 17.7 Å². The van der Waals surface area contributed by atoms with E-state index >= 15 is 0 Å². The van der Waals surface area contributed by atoms with Gasteiger partial charge >= 0.3 is 0 Å². The van der Waals surface area contributed by atoms with Gasteiger partial charge in [0.1, 0.15) is 5.70 Å². The van der Waals surface area contributed by atoms with Gasteiger partial charge in [0, 0.05) is 12.0 Å². The zero-order chi connectivity index (χ0) is 8.55. The van der Waals surface area contributed by atoms with Gasteiger partial charge in [-0.25, -0.2) is 0 Å². The lowest BCUT2D eigenvalue weighted by atomic mass is 10.0. The number of carbonyl (C=O) groups excluding carboxylic acids is 1. The summed E-state index contributed by atoms with van der Waals surface area (Å²) < 4.78 is 0. The van der Waals surface area contributed by atoms with Crippen LogP contribution in [0, 0.1) is 0 Å². The van der Waals surface area contributed by atoms with E-state index in [1.807, 2.05) is 0 Å². The summed E-state index contributed by atoms with van der Waals surface area (Å²) >= 11 is 0. The molecular weight excluding hydrogens is 156 g/mol. The summed E-state index contributed by atoms with van der Waals surface area (Å²) in [5, 5.41) is 11.0. The minimum atomic E-state index is -0.417. The molecule has 2 N–H and O–H groups in total. The van der Waals surface area contributed by atoms with E-state index in [1.165, 1.54) is 0 Å². The Balaban J connectivity index is 2.33. The molecule has 1 aliphatic carbocycles. The lowest BCUT2D eigenvalue weighted by Crippen LogP contribution is -2.18. The van der Waals surface area contributed by atoms with Crippen molar-refractivity contribution in [3.05, 3.63) is 23.4 Å². The Morgan fingerprint density at radius 1 is 1.50 bits per heavy atom. The Kier molecular flexibility index (Phi) is 1.36. The van der Waals surface area contributed by atoms with E-state index in [1.54, 1.807) is 12.2 Å². The second kappa shape index (κ2) is 2.37. The molecule has 12 heavy (non-hydrogen) atoms. The van der Waals surface area contributed by atoms with Crippen LogP contribution in [0.25, 0.3) is 0 Å². The Bertz CT molecular complexity index is 362. The molecule has 2 rings (SSSR count). The maximum Gasteiger partial charge on any atom is 0.245 e. The van der Waals surface area contributed by atoms with E-state index in [0.717, 1.165) is 5.70 Å². The first kappa shape index (κ1) is 6.90. The molecule has 5 nitrogen and oxygen atoms in total. The largest absolute Gasteiger partial charge is 0.366 e. The highest BCUT2D eigenvalue weighted by atomic mass is 16.1. The molecule has 1 amide bonds. The van der Waals surface area contributed by atoms with Crippen LogP contribution in [0.3, 0.4) is 0 Å². The Hall–Kier alpha value is -1.78. The third-order valence-electron chi connectivity index (χ3n) is 1.73. The molecule has 0 aromatic carbocycles. The van der Waals surface area contributed by atoms with Crippen LogP contribution in [-0.4, -0.2) is 11.6 Å². The number of carbonyl (C=O) groups is 1. The minimum Gasteiger partial charge on any atom is -0.366 e. The van der Waals surface area contributed by atoms with E-state index in [9.17, 15) is 4.79 Å². The van der Waals surface area contributed by atoms with Crippen molar-refractivity contribution >= 4 is 11.6 Å². The average molecular weight is 162 g/mol. The van der Waals surface area contributed by atoms with Gasteiger partial charge in [-0.3, -0.25) is 4.79 Å². The summed E-state index contributed by atoms with van der Waals surface area (Å²) in [4.78, 5) is 10.8. The Morgan fingerprint density at radius 2 is 2.33 bits per heavy atom. The summed E-state index contributed by atoms with van der Waals surface area (Å²) in [6, 6.07) is 0. The number of hydrogen-bond donors (Lipinski definition) is 1. The zero-order valence-corrected chi connectivity index (χ0v) is 6.19. The van der Waals surface area contributed by atoms with Gasteiger partial charge in [-0.1, -0.05) is 6.08 Å². The third kappa shape index (κ3) is 0.952. The molecule has 0 aromatic rings. The first-order chi connectivity index (χ1) is 5.77. The van der Waals surface area contributed by atoms with Gasteiger partial charge in [0.05, 0.1) is 5.71 Å². The standard InChI is InChI=1S/C7H6N4O/c8-7(12)4-1-2-5-6(3-4)10-11-9-5/h1-2H,3H2,(H2,8,12). The molecule has 1 heterocycles. The fraction of sp³-hybridized carbons (Fsp3) is 0.143. The number of fused-ring (bicyclic) bond motifs is 1. The highest BCUT2D eigenvalue weighted by Crippen LogP contribution is 2.21. The summed E-state index contributed by atoms with van der Waals surface area (Å²) in [6.07, 6.45) is 3.79. The third-order valence-corrected chi connectivity index (χ3v) is 1.73. The lowest BCUT2D eigenvalue weighted by molar-refractivity contribution is -0.114. The van der Waals surface area contributed by atoms with E-state index < -0.39 is 5.91 Å². The number of primary amides is 1. The smallest absolute Gasteiger partial charge is 0.245 e. The van der Waals surface area contributed by atoms with Crippen molar-refractivity contribution in [1.82, 2.24) is 0 Å². The fourth-order valence-corrected chi connectivity index (χ4v) is 1.08. The number of rotatable bonds is 1. The SMILES string of the molecule is NC(=O)C1=CC=C2N=NN=C2C1. The molecular formula is C7H6N4O. The second-order valence-electron chi connectivity index (χ2n) is 2.52. The monoisotopic (exact) mass is 162 g/mol. The predicted octanol–water partition coefficient (Wildman–Crippen LogP) is 0.508. The van der Waals surface area contributed by atoms with Crippen molar-refractivity contribution < 1.29 is 4.79 Å². The van der Waals surface area contributed by atoms with E-state index in [2.05, 4.69) is 15.4 Å². The van der Waals surface area contributed by atoms with Crippen molar-refractivity contribution in [2.24, 2.45) is 21.2 Å². The number of amides is 1. The first-order valence-electron chi connectivity index (χ1n) is 3.46. The molecule has 0 bridgehead atoms. The van der Waals surface area contributed by atoms with Crippen LogP contribution in [0.15, 0.2) is 38.9 Å². The number of nitrogens with two attached hydrogens (primary N) is 1. The molecule has 0 saturated heterocycles. The minimum absolute atomic E-state index is 0.417. The molecule has 0 radical (unpaired) electrons. The molecule has 0 aromatic heterocycles. The zero-order valence-electron chi connectivity index (χ0n) is 6.19. The van der Waals surface area contributed by atoms with Gasteiger partial charge in [0.2, 0.25) is 5.91 Å². The van der Waals surface area contributed by atoms with Gasteiger partial charge in [0.25, 0.3) is 0 Å². The van der Waals surface area contributed by atoms with Crippen molar-refractivity contribution in [2.75, 3.05) is 0 Å². The highest BCUT2D eigenvalue weighted by Gasteiger charge is 2.19. The van der Waals surface area contributed by atoms with Crippen LogP contribution in [-0.2, 0) is 4.79 Å². The highest BCUT2D eigenvalue weighted by molar-refractivity contribution is 6.09. The molecule has 0 atom stereocenters. The van der Waals surface area contributed by atoms with Crippen LogP contribution in [0.1, 0.15) is 6.42 Å². The molecule has 0 spiro atoms. The summed E-state index contributed by atoms with van der Waals surface area (Å²) in [6.45, 7) is 0. The van der Waals surface area contributed by atoms with Crippen molar-refractivity contribution in [2.45, 2.75) is 6.42 Å². The first-order valence-corrected chi connectivity index (χ1v) is 3.46. The van der Waals surface area contributed by atoms with Crippen molar-refractivity contribution in [1.29, 1.82) is 0 Å². The van der Waals surface area contributed by atoms with Gasteiger partial charge in [-0.2, -0.15) is 0 Å². The van der Waals surface area contributed by atoms with Gasteiger partial charge in [-0.15, -0.1) is 10.2 Å². The number of allylic oxidation sites excluding steroid dienone is 3. The quantitative estimate of drug-likeness (QED) is 0.598. The van der Waals surface area contributed by atoms with Crippen molar-refractivity contribution in [3.8, 4) is 0 Å². The van der Waals surface area contributed by atoms with E-state index in [4.69, 9.17) is 5.73 Å². The Labute approximate surface area is 68.4 Å². The molecule has 0 unspecified atom stereocenters. The topological polar surface area (TPSA) is 80.2 Å². The van der Waals surface area contributed by atoms with Gasteiger partial charge < -0.3 is 5.73 Å². The van der Waals surface area contributed by atoms with Crippen molar-refractivity contribution in [3.63, 3.8) is 0 Å². The maximum absolute atomic E-state index is 10.8. The van der Waals surface area contributed by atoms with Gasteiger partial charge in [-0.05, 0) is 11.3 Å². The number of hydrogen-bond acceptors (Lipinski definition) is 4. The van der Waals surface area contributed by atoms with Crippen LogP contribution >= 0.6 is 0 Å². The predicted molar refractivity (Wildman–Crippen MR) is 42.3 cm³/mol. The fourth-order valence-electron chi connectivity index (χ4n) is 1.08. The normalized spacial score (nSPS) is 19.5. The van der Waals surface area contributed by atoms with Crippen LogP contribution < -0.4 is 5.73 Å². The summed E-state index contributed by atoms with van der Waals surface area (Å²) in [5.41, 5.74) is 7.08. The maximum atomic E-state index is 10.8. The summed E-state index contributed by atoms with van der Waals surface area (Å²) in [7, 11) is 0. The molecule has 5 heteroatoms. The Morgan fingerprint density at radius 3 is 3.08 bits per heavy atom. The van der Waals surface area contributed by atoms with Crippen LogP contribution in [0.2, 0.25) is 0 Å². The molecule has 0 fully saturated rings. The molecule has 2 aliphatic rings. The van der Waals surface area contributed by atoms with E-state index in [-0.39, 0.29) is 0 Å². The van der Waals surface area contributed by atoms with Crippen LogP contribution in [0.5, 0.6) is 0 Å². The average Bonchev–Trinajstić information content (AvgIpc) is 2.49. The lowest BCUT2D eigenvalue weighted by Gasteiger charge is -2.06. The van der Waals surface area contributed by atoms with Gasteiger partial charge in [0.15, 0.2) is 0 Å². The second-order valence-corrected chi connectivity index (χ2v) is 2.52. The summed E-state index contributed by atoms with van der Waals surface area (Å²) in [5.74, 6) is -0.417.